The molecule has 1 spiro atoms. The summed E-state index contributed by atoms with van der Waals surface area (Å²) in [7, 11) is 0. The van der Waals surface area contributed by atoms with Gasteiger partial charge in [-0.3, -0.25) is 4.79 Å². The summed E-state index contributed by atoms with van der Waals surface area (Å²) in [6, 6.07) is 15.9. The van der Waals surface area contributed by atoms with Crippen LogP contribution in [0.1, 0.15) is 34.3 Å². The zero-order chi connectivity index (χ0) is 14.4. The third-order valence-corrected chi connectivity index (χ3v) is 4.91. The molecule has 0 bridgehead atoms. The summed E-state index contributed by atoms with van der Waals surface area (Å²) in [5.74, 6) is -0.0635. The number of hydrogen-bond acceptors (Lipinski definition) is 2. The van der Waals surface area contributed by atoms with Crippen molar-refractivity contribution in [3.63, 3.8) is 0 Å². The predicted molar refractivity (Wildman–Crippen MR) is 83.4 cm³/mol. The number of aryl methyl sites for hydroxylation is 1. The van der Waals surface area contributed by atoms with E-state index in [0.29, 0.717) is 11.6 Å². The molecule has 4 rings (SSSR count). The molecule has 0 heterocycles. The minimum atomic E-state index is -0.0635. The highest BCUT2D eigenvalue weighted by atomic mass is 16.1. The highest BCUT2D eigenvalue weighted by Gasteiger charge is 2.56. The van der Waals surface area contributed by atoms with Crippen LogP contribution in [0.25, 0.3) is 0 Å². The van der Waals surface area contributed by atoms with Crippen molar-refractivity contribution >= 4 is 11.6 Å². The summed E-state index contributed by atoms with van der Waals surface area (Å²) in [5, 5.41) is 2.98. The van der Waals surface area contributed by atoms with Gasteiger partial charge in [0.05, 0.1) is 0 Å². The van der Waals surface area contributed by atoms with Gasteiger partial charge in [0.1, 0.15) is 0 Å². The van der Waals surface area contributed by atoms with Gasteiger partial charge in [0.25, 0.3) is 5.91 Å². The van der Waals surface area contributed by atoms with Crippen LogP contribution in [0.15, 0.2) is 48.5 Å². The summed E-state index contributed by atoms with van der Waals surface area (Å²) >= 11 is 0. The molecule has 1 fully saturated rings. The van der Waals surface area contributed by atoms with Crippen molar-refractivity contribution < 1.29 is 4.79 Å². The van der Waals surface area contributed by atoms with Crippen LogP contribution in [0, 0.1) is 0 Å². The first-order valence-electron chi connectivity index (χ1n) is 7.44. The number of carbonyl (C=O) groups excluding carboxylic acids is 1. The number of benzene rings is 2. The van der Waals surface area contributed by atoms with Gasteiger partial charge in [-0.05, 0) is 54.7 Å². The van der Waals surface area contributed by atoms with E-state index >= 15 is 0 Å². The van der Waals surface area contributed by atoms with E-state index < -0.39 is 0 Å². The van der Waals surface area contributed by atoms with Crippen molar-refractivity contribution in [1.29, 1.82) is 0 Å². The maximum absolute atomic E-state index is 12.2. The van der Waals surface area contributed by atoms with Crippen molar-refractivity contribution in [3.8, 4) is 0 Å². The lowest BCUT2D eigenvalue weighted by atomic mass is 9.97. The number of rotatable bonds is 2. The maximum atomic E-state index is 12.2. The Morgan fingerprint density at radius 3 is 2.67 bits per heavy atom. The van der Waals surface area contributed by atoms with Gasteiger partial charge < -0.3 is 11.1 Å². The monoisotopic (exact) mass is 278 g/mol. The number of anilines is 1. The zero-order valence-electron chi connectivity index (χ0n) is 11.8. The van der Waals surface area contributed by atoms with E-state index in [9.17, 15) is 4.79 Å². The number of nitrogens with two attached hydrogens (primary N) is 1. The second-order valence-corrected chi connectivity index (χ2v) is 6.16. The first kappa shape index (κ1) is 12.6. The Bertz CT molecular complexity index is 710. The Hall–Kier alpha value is -2.13. The summed E-state index contributed by atoms with van der Waals surface area (Å²) in [6.07, 6.45) is 3.33. The Balaban J connectivity index is 1.57. The van der Waals surface area contributed by atoms with E-state index in [1.165, 1.54) is 11.1 Å². The lowest BCUT2D eigenvalue weighted by molar-refractivity contribution is 0.102. The summed E-state index contributed by atoms with van der Waals surface area (Å²) in [5.41, 5.74) is 10.6. The molecule has 2 atom stereocenters. The largest absolute Gasteiger partial charge is 0.327 e. The fourth-order valence-electron chi connectivity index (χ4n) is 3.58. The molecule has 2 aromatic carbocycles. The van der Waals surface area contributed by atoms with E-state index in [1.54, 1.807) is 0 Å². The summed E-state index contributed by atoms with van der Waals surface area (Å²) in [4.78, 5) is 12.2. The molecule has 0 aromatic heterocycles. The highest BCUT2D eigenvalue weighted by molar-refractivity contribution is 6.04. The van der Waals surface area contributed by atoms with E-state index in [-0.39, 0.29) is 11.3 Å². The van der Waals surface area contributed by atoms with Crippen LogP contribution < -0.4 is 11.1 Å². The molecule has 0 aliphatic heterocycles. The predicted octanol–water partition coefficient (Wildman–Crippen LogP) is 2.85. The quantitative estimate of drug-likeness (QED) is 0.887. The van der Waals surface area contributed by atoms with Crippen molar-refractivity contribution in [2.45, 2.75) is 30.7 Å². The van der Waals surface area contributed by atoms with E-state index in [2.05, 4.69) is 17.4 Å². The minimum Gasteiger partial charge on any atom is -0.327 e. The zero-order valence-corrected chi connectivity index (χ0v) is 11.8. The van der Waals surface area contributed by atoms with Crippen LogP contribution in [-0.4, -0.2) is 11.9 Å². The molecule has 2 aliphatic rings. The third-order valence-electron chi connectivity index (χ3n) is 4.91. The number of fused-ring (bicyclic) bond motifs is 2. The molecule has 2 unspecified atom stereocenters. The van der Waals surface area contributed by atoms with Crippen LogP contribution in [-0.2, 0) is 11.8 Å². The van der Waals surface area contributed by atoms with E-state index in [4.69, 9.17) is 5.73 Å². The number of nitrogens with one attached hydrogen (secondary N) is 1. The Morgan fingerprint density at radius 2 is 1.95 bits per heavy atom. The molecule has 2 aromatic rings. The molecule has 21 heavy (non-hydrogen) atoms. The SMILES string of the molecule is NC1CC12CCc1cc(NC(=O)c3ccccc3)ccc12. The molecule has 106 valence electrons. The summed E-state index contributed by atoms with van der Waals surface area (Å²) < 4.78 is 0. The Kier molecular flexibility index (Phi) is 2.66. The molecule has 1 amide bonds. The normalized spacial score (nSPS) is 25.7. The van der Waals surface area contributed by atoms with Crippen molar-refractivity contribution in [2.24, 2.45) is 5.73 Å². The Morgan fingerprint density at radius 1 is 1.19 bits per heavy atom. The fraction of sp³-hybridized carbons (Fsp3) is 0.278. The second kappa shape index (κ2) is 4.43. The number of amides is 1. The van der Waals surface area contributed by atoms with E-state index in [0.717, 1.165) is 24.9 Å². The second-order valence-electron chi connectivity index (χ2n) is 6.16. The average molecular weight is 278 g/mol. The topological polar surface area (TPSA) is 55.1 Å². The van der Waals surface area contributed by atoms with Crippen LogP contribution in [0.5, 0.6) is 0 Å². The highest BCUT2D eigenvalue weighted by Crippen LogP contribution is 2.55. The molecule has 0 radical (unpaired) electrons. The summed E-state index contributed by atoms with van der Waals surface area (Å²) in [6.45, 7) is 0. The van der Waals surface area contributed by atoms with Gasteiger partial charge in [0, 0.05) is 22.7 Å². The van der Waals surface area contributed by atoms with Gasteiger partial charge >= 0.3 is 0 Å². The van der Waals surface area contributed by atoms with Gasteiger partial charge in [-0.2, -0.15) is 0 Å². The molecule has 3 N–H and O–H groups in total. The van der Waals surface area contributed by atoms with Gasteiger partial charge in [-0.25, -0.2) is 0 Å². The molecular formula is C18H18N2O. The van der Waals surface area contributed by atoms with Crippen LogP contribution >= 0.6 is 0 Å². The average Bonchev–Trinajstić information content (AvgIpc) is 3.02. The Labute approximate surface area is 124 Å². The fourth-order valence-corrected chi connectivity index (χ4v) is 3.58. The van der Waals surface area contributed by atoms with Crippen LogP contribution in [0.4, 0.5) is 5.69 Å². The van der Waals surface area contributed by atoms with E-state index in [1.807, 2.05) is 36.4 Å². The minimum absolute atomic E-state index is 0.0635. The first-order valence-corrected chi connectivity index (χ1v) is 7.44. The molecule has 3 nitrogen and oxygen atoms in total. The molecule has 0 saturated heterocycles. The maximum Gasteiger partial charge on any atom is 0.255 e. The van der Waals surface area contributed by atoms with Gasteiger partial charge in [-0.15, -0.1) is 0 Å². The van der Waals surface area contributed by atoms with Crippen molar-refractivity contribution in [1.82, 2.24) is 0 Å². The molecule has 2 aliphatic carbocycles. The van der Waals surface area contributed by atoms with Crippen LogP contribution in [0.2, 0.25) is 0 Å². The van der Waals surface area contributed by atoms with Crippen LogP contribution in [0.3, 0.4) is 0 Å². The molecule has 3 heteroatoms. The number of carbonyl (C=O) groups is 1. The van der Waals surface area contributed by atoms with Gasteiger partial charge in [0.2, 0.25) is 0 Å². The van der Waals surface area contributed by atoms with Crippen molar-refractivity contribution in [2.75, 3.05) is 5.32 Å². The third kappa shape index (κ3) is 1.96. The van der Waals surface area contributed by atoms with Gasteiger partial charge in [0.15, 0.2) is 0 Å². The molecule has 1 saturated carbocycles. The lowest BCUT2D eigenvalue weighted by Gasteiger charge is -2.11. The first-order chi connectivity index (χ1) is 10.2. The standard InChI is InChI=1S/C18H18N2O/c19-16-11-18(16)9-8-13-10-14(6-7-15(13)18)20-17(21)12-4-2-1-3-5-12/h1-7,10,16H,8-9,11,19H2,(H,20,21). The molecular weight excluding hydrogens is 260 g/mol. The van der Waals surface area contributed by atoms with Gasteiger partial charge in [-0.1, -0.05) is 24.3 Å². The lowest BCUT2D eigenvalue weighted by Crippen LogP contribution is -2.15. The van der Waals surface area contributed by atoms with Crippen molar-refractivity contribution in [3.05, 3.63) is 65.2 Å². The smallest absolute Gasteiger partial charge is 0.255 e. The number of hydrogen-bond donors (Lipinski definition) is 2.